The Kier molecular flexibility index (Phi) is 2.76. The van der Waals surface area contributed by atoms with Crippen LogP contribution in [0.3, 0.4) is 0 Å². The minimum Gasteiger partial charge on any atom is -0.475 e. The first kappa shape index (κ1) is 10.5. The molecule has 5 heteroatoms. The van der Waals surface area contributed by atoms with Gasteiger partial charge in [-0.05, 0) is 12.1 Å². The van der Waals surface area contributed by atoms with E-state index in [2.05, 4.69) is 4.98 Å². The summed E-state index contributed by atoms with van der Waals surface area (Å²) < 4.78 is 7.10. The van der Waals surface area contributed by atoms with Gasteiger partial charge in [0.15, 0.2) is 0 Å². The van der Waals surface area contributed by atoms with Crippen molar-refractivity contribution >= 4 is 5.97 Å². The maximum Gasteiger partial charge on any atom is 0.371 e. The predicted octanol–water partition coefficient (Wildman–Crippen LogP) is 1.78. The molecule has 0 saturated carbocycles. The molecule has 0 aliphatic rings. The molecule has 84 valence electrons. The second-order valence-corrected chi connectivity index (χ2v) is 3.40. The van der Waals surface area contributed by atoms with Crippen molar-refractivity contribution < 1.29 is 14.3 Å². The molecule has 0 aromatic carbocycles. The van der Waals surface area contributed by atoms with Gasteiger partial charge in [-0.3, -0.25) is 0 Å². The van der Waals surface area contributed by atoms with Crippen LogP contribution in [0.2, 0.25) is 0 Å². The van der Waals surface area contributed by atoms with Crippen LogP contribution in [-0.2, 0) is 13.0 Å². The Morgan fingerprint density at radius 1 is 1.56 bits per heavy atom. The van der Waals surface area contributed by atoms with Crippen LogP contribution in [-0.4, -0.2) is 20.6 Å². The molecule has 0 amide bonds. The Hall–Kier alpha value is -2.04. The van der Waals surface area contributed by atoms with E-state index in [9.17, 15) is 4.79 Å². The summed E-state index contributed by atoms with van der Waals surface area (Å²) >= 11 is 0. The van der Waals surface area contributed by atoms with Crippen LogP contribution < -0.4 is 0 Å². The number of rotatable bonds is 4. The van der Waals surface area contributed by atoms with Crippen LogP contribution in [0, 0.1) is 0 Å². The van der Waals surface area contributed by atoms with E-state index in [0.717, 1.165) is 12.2 Å². The van der Waals surface area contributed by atoms with E-state index < -0.39 is 5.97 Å². The van der Waals surface area contributed by atoms with Crippen LogP contribution in [0.25, 0.3) is 0 Å². The molecule has 0 unspecified atom stereocenters. The number of nitrogens with zero attached hydrogens (tertiary/aromatic N) is 2. The molecule has 0 atom stereocenters. The van der Waals surface area contributed by atoms with E-state index in [1.807, 2.05) is 17.7 Å². The quantitative estimate of drug-likeness (QED) is 0.852. The number of hydrogen-bond donors (Lipinski definition) is 1. The summed E-state index contributed by atoms with van der Waals surface area (Å²) in [7, 11) is 0. The number of aromatic carboxylic acids is 1. The summed E-state index contributed by atoms with van der Waals surface area (Å²) in [4.78, 5) is 14.8. The lowest BCUT2D eigenvalue weighted by Crippen LogP contribution is -2.02. The zero-order chi connectivity index (χ0) is 11.5. The number of aryl methyl sites for hydroxylation is 1. The monoisotopic (exact) mass is 220 g/mol. The molecular formula is C11H12N2O3. The van der Waals surface area contributed by atoms with E-state index in [-0.39, 0.29) is 5.76 Å². The summed E-state index contributed by atoms with van der Waals surface area (Å²) in [6.45, 7) is 2.53. The molecule has 0 bridgehead atoms. The average molecular weight is 220 g/mol. The third kappa shape index (κ3) is 1.98. The zero-order valence-corrected chi connectivity index (χ0v) is 8.88. The van der Waals surface area contributed by atoms with Crippen LogP contribution in [0.1, 0.15) is 29.1 Å². The van der Waals surface area contributed by atoms with Crippen LogP contribution >= 0.6 is 0 Å². The normalized spacial score (nSPS) is 10.6. The summed E-state index contributed by atoms with van der Waals surface area (Å²) in [5.41, 5.74) is 0. The highest BCUT2D eigenvalue weighted by Gasteiger charge is 2.10. The minimum atomic E-state index is -1.05. The maximum atomic E-state index is 10.6. The largest absolute Gasteiger partial charge is 0.475 e. The third-order valence-corrected chi connectivity index (χ3v) is 2.32. The van der Waals surface area contributed by atoms with Crippen LogP contribution in [0.5, 0.6) is 0 Å². The van der Waals surface area contributed by atoms with Gasteiger partial charge in [0, 0.05) is 18.8 Å². The summed E-state index contributed by atoms with van der Waals surface area (Å²) in [6.07, 6.45) is 4.40. The Bertz CT molecular complexity index is 499. The standard InChI is InChI=1S/C11H12N2O3/c1-2-10-12-5-6-13(10)7-8-3-4-9(16-8)11(14)15/h3-6H,2,7H2,1H3,(H,14,15). The van der Waals surface area contributed by atoms with Gasteiger partial charge in [-0.1, -0.05) is 6.92 Å². The highest BCUT2D eigenvalue weighted by molar-refractivity contribution is 5.84. The Balaban J connectivity index is 2.17. The Morgan fingerprint density at radius 2 is 2.38 bits per heavy atom. The topological polar surface area (TPSA) is 68.3 Å². The van der Waals surface area contributed by atoms with Gasteiger partial charge in [0.2, 0.25) is 5.76 Å². The van der Waals surface area contributed by atoms with Crippen LogP contribution in [0.4, 0.5) is 0 Å². The molecule has 1 N–H and O–H groups in total. The molecule has 16 heavy (non-hydrogen) atoms. The number of furan rings is 1. The number of carboxylic acids is 1. The van der Waals surface area contributed by atoms with Gasteiger partial charge in [-0.25, -0.2) is 9.78 Å². The second-order valence-electron chi connectivity index (χ2n) is 3.40. The molecule has 2 aromatic heterocycles. The smallest absolute Gasteiger partial charge is 0.371 e. The van der Waals surface area contributed by atoms with Crippen molar-refractivity contribution in [1.82, 2.24) is 9.55 Å². The molecule has 2 heterocycles. The van der Waals surface area contributed by atoms with Gasteiger partial charge in [0.1, 0.15) is 11.6 Å². The lowest BCUT2D eigenvalue weighted by Gasteiger charge is -2.03. The van der Waals surface area contributed by atoms with Gasteiger partial charge in [0.25, 0.3) is 0 Å². The molecule has 0 aliphatic carbocycles. The lowest BCUT2D eigenvalue weighted by atomic mass is 10.4. The van der Waals surface area contributed by atoms with Crippen molar-refractivity contribution in [2.45, 2.75) is 19.9 Å². The Labute approximate surface area is 92.3 Å². The molecule has 0 spiro atoms. The first-order valence-corrected chi connectivity index (χ1v) is 5.02. The molecule has 0 aliphatic heterocycles. The molecular weight excluding hydrogens is 208 g/mol. The highest BCUT2D eigenvalue weighted by Crippen LogP contribution is 2.11. The fraction of sp³-hybridized carbons (Fsp3) is 0.273. The molecule has 2 rings (SSSR count). The zero-order valence-electron chi connectivity index (χ0n) is 8.88. The van der Waals surface area contributed by atoms with Gasteiger partial charge >= 0.3 is 5.97 Å². The van der Waals surface area contributed by atoms with Gasteiger partial charge < -0.3 is 14.1 Å². The summed E-state index contributed by atoms with van der Waals surface area (Å²) in [5, 5.41) is 8.71. The number of aromatic nitrogens is 2. The highest BCUT2D eigenvalue weighted by atomic mass is 16.4. The molecule has 2 aromatic rings. The second kappa shape index (κ2) is 4.22. The van der Waals surface area contributed by atoms with Gasteiger partial charge in [-0.2, -0.15) is 0 Å². The molecule has 0 fully saturated rings. The molecule has 0 saturated heterocycles. The fourth-order valence-electron chi connectivity index (χ4n) is 1.54. The van der Waals surface area contributed by atoms with Crippen molar-refractivity contribution in [3.8, 4) is 0 Å². The Morgan fingerprint density at radius 3 is 3.00 bits per heavy atom. The van der Waals surface area contributed by atoms with Crippen LogP contribution in [0.15, 0.2) is 28.9 Å². The number of imidazole rings is 1. The fourth-order valence-corrected chi connectivity index (χ4v) is 1.54. The van der Waals surface area contributed by atoms with Crippen molar-refractivity contribution in [3.63, 3.8) is 0 Å². The van der Waals surface area contributed by atoms with Crippen molar-refractivity contribution in [3.05, 3.63) is 41.9 Å². The molecule has 5 nitrogen and oxygen atoms in total. The van der Waals surface area contributed by atoms with Crippen molar-refractivity contribution in [2.24, 2.45) is 0 Å². The van der Waals surface area contributed by atoms with Gasteiger partial charge in [0.05, 0.1) is 6.54 Å². The third-order valence-electron chi connectivity index (χ3n) is 2.32. The molecule has 0 radical (unpaired) electrons. The summed E-state index contributed by atoms with van der Waals surface area (Å²) in [6, 6.07) is 3.13. The first-order valence-electron chi connectivity index (χ1n) is 5.02. The van der Waals surface area contributed by atoms with E-state index in [1.165, 1.54) is 6.07 Å². The predicted molar refractivity (Wildman–Crippen MR) is 56.4 cm³/mol. The number of carbonyl (C=O) groups is 1. The van der Waals surface area contributed by atoms with E-state index >= 15 is 0 Å². The van der Waals surface area contributed by atoms with E-state index in [1.54, 1.807) is 12.3 Å². The average Bonchev–Trinajstić information content (AvgIpc) is 2.87. The SMILES string of the molecule is CCc1nccn1Cc1ccc(C(=O)O)o1. The van der Waals surface area contributed by atoms with Gasteiger partial charge in [-0.15, -0.1) is 0 Å². The van der Waals surface area contributed by atoms with Crippen molar-refractivity contribution in [2.75, 3.05) is 0 Å². The number of hydrogen-bond acceptors (Lipinski definition) is 3. The minimum absolute atomic E-state index is 0.0341. The van der Waals surface area contributed by atoms with Crippen molar-refractivity contribution in [1.29, 1.82) is 0 Å². The van der Waals surface area contributed by atoms with E-state index in [0.29, 0.717) is 12.3 Å². The lowest BCUT2D eigenvalue weighted by molar-refractivity contribution is 0.0660. The maximum absolute atomic E-state index is 10.6. The first-order chi connectivity index (χ1) is 7.70. The number of carboxylic acid groups (broad SMARTS) is 1. The van der Waals surface area contributed by atoms with E-state index in [4.69, 9.17) is 9.52 Å². The summed E-state index contributed by atoms with van der Waals surface area (Å²) in [5.74, 6) is 0.485.